The van der Waals surface area contributed by atoms with Crippen LogP contribution in [0.4, 0.5) is 11.4 Å². The summed E-state index contributed by atoms with van der Waals surface area (Å²) in [6.07, 6.45) is 0. The molecule has 3 rings (SSSR count). The van der Waals surface area contributed by atoms with Crippen LogP contribution in [0.1, 0.15) is 26.3 Å². The van der Waals surface area contributed by atoms with E-state index in [9.17, 15) is 9.59 Å². The molecule has 140 valence electrons. The summed E-state index contributed by atoms with van der Waals surface area (Å²) in [5.74, 6) is 0.249. The molecule has 2 aromatic carbocycles. The van der Waals surface area contributed by atoms with E-state index in [1.54, 1.807) is 0 Å². The second-order valence-electron chi connectivity index (χ2n) is 6.14. The van der Waals surface area contributed by atoms with Crippen LogP contribution < -0.4 is 9.80 Å². The van der Waals surface area contributed by atoms with Gasteiger partial charge in [0.1, 0.15) is 0 Å². The van der Waals surface area contributed by atoms with E-state index in [4.69, 9.17) is 0 Å². The Morgan fingerprint density at radius 1 is 0.852 bits per heavy atom. The fraction of sp³-hybridized carbons (Fsp3) is 0.273. The van der Waals surface area contributed by atoms with Crippen LogP contribution >= 0.6 is 11.8 Å². The topological polar surface area (TPSA) is 40.6 Å². The summed E-state index contributed by atoms with van der Waals surface area (Å²) in [4.78, 5) is 30.2. The van der Waals surface area contributed by atoms with Crippen LogP contribution in [0.2, 0.25) is 0 Å². The molecule has 2 amide bonds. The van der Waals surface area contributed by atoms with Crippen molar-refractivity contribution >= 4 is 40.5 Å². The molecule has 0 spiro atoms. The summed E-state index contributed by atoms with van der Waals surface area (Å²) in [6.45, 7) is 8.02. The molecule has 0 bridgehead atoms. The maximum Gasteiger partial charge on any atom is 0.272 e. The van der Waals surface area contributed by atoms with Crippen LogP contribution in [0.15, 0.2) is 59.5 Å². The van der Waals surface area contributed by atoms with E-state index in [1.807, 2.05) is 61.5 Å². The van der Waals surface area contributed by atoms with Gasteiger partial charge in [0.15, 0.2) is 0 Å². The molecule has 0 saturated heterocycles. The van der Waals surface area contributed by atoms with Gasteiger partial charge in [-0.3, -0.25) is 9.59 Å². The highest BCUT2D eigenvalue weighted by Crippen LogP contribution is 2.38. The molecule has 27 heavy (non-hydrogen) atoms. The van der Waals surface area contributed by atoms with Crippen LogP contribution in [0.5, 0.6) is 0 Å². The highest BCUT2D eigenvalue weighted by atomic mass is 32.2. The van der Waals surface area contributed by atoms with E-state index in [2.05, 4.69) is 18.7 Å². The van der Waals surface area contributed by atoms with Crippen molar-refractivity contribution in [2.24, 2.45) is 0 Å². The first-order chi connectivity index (χ1) is 13.1. The second-order valence-corrected chi connectivity index (χ2v) is 7.41. The van der Waals surface area contributed by atoms with E-state index < -0.39 is 0 Å². The number of benzene rings is 2. The third-order valence-electron chi connectivity index (χ3n) is 4.63. The van der Waals surface area contributed by atoms with Gasteiger partial charge in [-0.05, 0) is 49.4 Å². The summed E-state index contributed by atoms with van der Waals surface area (Å²) < 4.78 is 0. The number of hydrogen-bond acceptors (Lipinski definition) is 4. The van der Waals surface area contributed by atoms with E-state index >= 15 is 0 Å². The number of nitrogens with zero attached hydrogens (tertiary/aromatic N) is 2. The number of amides is 2. The third kappa shape index (κ3) is 3.65. The Bertz CT molecular complexity index is 856. The molecule has 1 aliphatic heterocycles. The minimum absolute atomic E-state index is 0.235. The first-order valence-electron chi connectivity index (χ1n) is 9.28. The van der Waals surface area contributed by atoms with E-state index in [0.717, 1.165) is 30.1 Å². The molecule has 0 aromatic heterocycles. The van der Waals surface area contributed by atoms with E-state index in [0.29, 0.717) is 16.2 Å². The molecule has 0 N–H and O–H groups in total. The lowest BCUT2D eigenvalue weighted by molar-refractivity contribution is -0.119. The van der Waals surface area contributed by atoms with Gasteiger partial charge in [0.25, 0.3) is 11.8 Å². The molecule has 0 atom stereocenters. The average molecular weight is 381 g/mol. The molecule has 0 aliphatic carbocycles. The zero-order valence-electron chi connectivity index (χ0n) is 15.9. The van der Waals surface area contributed by atoms with Crippen LogP contribution in [-0.2, 0) is 9.59 Å². The van der Waals surface area contributed by atoms with Gasteiger partial charge in [0.05, 0.1) is 16.2 Å². The lowest BCUT2D eigenvalue weighted by Gasteiger charge is -2.22. The first kappa shape index (κ1) is 19.2. The van der Waals surface area contributed by atoms with Gasteiger partial charge < -0.3 is 4.90 Å². The van der Waals surface area contributed by atoms with Gasteiger partial charge in [-0.2, -0.15) is 0 Å². The highest BCUT2D eigenvalue weighted by molar-refractivity contribution is 8.04. The number of anilines is 2. The molecule has 1 aliphatic rings. The van der Waals surface area contributed by atoms with E-state index in [1.165, 1.54) is 16.7 Å². The predicted octanol–water partition coefficient (Wildman–Crippen LogP) is 4.57. The fourth-order valence-electron chi connectivity index (χ4n) is 3.28. The second kappa shape index (κ2) is 8.44. The van der Waals surface area contributed by atoms with Gasteiger partial charge in [-0.25, -0.2) is 4.90 Å². The number of carbonyl (C=O) groups is 2. The van der Waals surface area contributed by atoms with Crippen LogP contribution in [0.25, 0.3) is 5.57 Å². The molecule has 0 radical (unpaired) electrons. The molecule has 1 heterocycles. The monoisotopic (exact) mass is 380 g/mol. The summed E-state index contributed by atoms with van der Waals surface area (Å²) >= 11 is 1.43. The van der Waals surface area contributed by atoms with Crippen molar-refractivity contribution in [1.82, 2.24) is 0 Å². The first-order valence-corrected chi connectivity index (χ1v) is 10.3. The Hall–Kier alpha value is -2.53. The average Bonchev–Trinajstić information content (AvgIpc) is 2.94. The summed E-state index contributed by atoms with van der Waals surface area (Å²) in [7, 11) is 0. The molecule has 2 aromatic rings. The highest BCUT2D eigenvalue weighted by Gasteiger charge is 2.39. The largest absolute Gasteiger partial charge is 0.372 e. The van der Waals surface area contributed by atoms with Crippen molar-refractivity contribution < 1.29 is 9.59 Å². The van der Waals surface area contributed by atoms with Gasteiger partial charge >= 0.3 is 0 Å². The smallest absolute Gasteiger partial charge is 0.272 e. The lowest BCUT2D eigenvalue weighted by atomic mass is 10.1. The molecule has 0 saturated carbocycles. The van der Waals surface area contributed by atoms with Crippen molar-refractivity contribution in [1.29, 1.82) is 0 Å². The third-order valence-corrected chi connectivity index (χ3v) is 5.59. The van der Waals surface area contributed by atoms with Gasteiger partial charge in [-0.1, -0.05) is 37.3 Å². The zero-order chi connectivity index (χ0) is 19.4. The van der Waals surface area contributed by atoms with Crippen molar-refractivity contribution in [3.05, 3.63) is 65.1 Å². The SMILES string of the molecule is CCSC1=C(c2ccccc2)C(=O)N(c2ccc(N(CC)CC)cc2)C1=O. The van der Waals surface area contributed by atoms with Crippen LogP contribution in [0, 0.1) is 0 Å². The summed E-state index contributed by atoms with van der Waals surface area (Å²) in [6, 6.07) is 17.1. The van der Waals surface area contributed by atoms with Crippen LogP contribution in [-0.4, -0.2) is 30.7 Å². The Balaban J connectivity index is 1.97. The number of thioether (sulfide) groups is 1. The maximum atomic E-state index is 13.2. The quantitative estimate of drug-likeness (QED) is 0.660. The zero-order valence-corrected chi connectivity index (χ0v) is 16.8. The molecule has 0 fully saturated rings. The summed E-state index contributed by atoms with van der Waals surface area (Å²) in [5, 5.41) is 0. The molecular weight excluding hydrogens is 356 g/mol. The minimum atomic E-state index is -0.252. The number of imide groups is 1. The predicted molar refractivity (Wildman–Crippen MR) is 114 cm³/mol. The van der Waals surface area contributed by atoms with Crippen molar-refractivity contribution in [3.63, 3.8) is 0 Å². The molecule has 5 heteroatoms. The number of rotatable bonds is 7. The van der Waals surface area contributed by atoms with Crippen molar-refractivity contribution in [3.8, 4) is 0 Å². The van der Waals surface area contributed by atoms with E-state index in [-0.39, 0.29) is 11.8 Å². The minimum Gasteiger partial charge on any atom is -0.372 e. The fourth-order valence-corrected chi connectivity index (χ4v) is 4.14. The van der Waals surface area contributed by atoms with Crippen molar-refractivity contribution in [2.45, 2.75) is 20.8 Å². The van der Waals surface area contributed by atoms with Gasteiger partial charge in [0.2, 0.25) is 0 Å². The Morgan fingerprint density at radius 3 is 2.04 bits per heavy atom. The van der Waals surface area contributed by atoms with Crippen LogP contribution in [0.3, 0.4) is 0 Å². The Kier molecular flexibility index (Phi) is 6.01. The normalized spacial score (nSPS) is 14.3. The summed E-state index contributed by atoms with van der Waals surface area (Å²) in [5.41, 5.74) is 2.98. The molecular formula is C22H24N2O2S. The van der Waals surface area contributed by atoms with Gasteiger partial charge in [0, 0.05) is 18.8 Å². The Morgan fingerprint density at radius 2 is 1.48 bits per heavy atom. The number of carbonyl (C=O) groups excluding carboxylic acids is 2. The maximum absolute atomic E-state index is 13.2. The standard InChI is InChI=1S/C22H24N2O2S/c1-4-23(5-2)17-12-14-18(15-13-17)24-21(25)19(16-10-8-7-9-11-16)20(22(24)26)27-6-3/h7-15H,4-6H2,1-3H3. The lowest BCUT2D eigenvalue weighted by Crippen LogP contribution is -2.31. The van der Waals surface area contributed by atoms with Gasteiger partial charge in [-0.15, -0.1) is 11.8 Å². The molecule has 0 unspecified atom stereocenters. The number of hydrogen-bond donors (Lipinski definition) is 0. The Labute approximate surface area is 164 Å². The molecule has 4 nitrogen and oxygen atoms in total. The van der Waals surface area contributed by atoms with Crippen molar-refractivity contribution in [2.75, 3.05) is 28.6 Å².